The first kappa shape index (κ1) is 13.1. The Balaban J connectivity index is 2.52. The molecule has 0 aliphatic carbocycles. The van der Waals surface area contributed by atoms with Gasteiger partial charge in [-0.1, -0.05) is 15.9 Å². The number of carbonyl (C=O) groups is 1. The fourth-order valence-electron chi connectivity index (χ4n) is 1.19. The van der Waals surface area contributed by atoms with Crippen molar-refractivity contribution in [2.75, 3.05) is 10.6 Å². The number of rotatable bonds is 5. The van der Waals surface area contributed by atoms with Gasteiger partial charge in [-0.2, -0.15) is 0 Å². The Morgan fingerprint density at radius 2 is 2.06 bits per heavy atom. The highest BCUT2D eigenvalue weighted by atomic mass is 79.9. The van der Waals surface area contributed by atoms with Crippen LogP contribution in [0.4, 0.5) is 14.5 Å². The molecule has 1 aromatic rings. The largest absolute Gasteiger partial charge is 0.324 e. The Morgan fingerprint density at radius 1 is 1.31 bits per heavy atom. The van der Waals surface area contributed by atoms with Crippen LogP contribution in [0.3, 0.4) is 0 Å². The predicted molar refractivity (Wildman–Crippen MR) is 62.6 cm³/mol. The average Bonchev–Trinajstić information content (AvgIpc) is 2.24. The van der Waals surface area contributed by atoms with E-state index in [0.29, 0.717) is 12.8 Å². The summed E-state index contributed by atoms with van der Waals surface area (Å²) < 4.78 is 25.9. The molecular formula is C11H12BrF2NO. The van der Waals surface area contributed by atoms with Crippen LogP contribution < -0.4 is 5.32 Å². The highest BCUT2D eigenvalue weighted by Crippen LogP contribution is 2.15. The molecule has 0 bridgehead atoms. The third kappa shape index (κ3) is 4.26. The number of anilines is 1. The number of amides is 1. The SMILES string of the molecule is O=C(CCCCBr)Nc1cc(F)ccc1F. The van der Waals surface area contributed by atoms with Gasteiger partial charge in [0.05, 0.1) is 5.69 Å². The molecule has 1 amide bonds. The maximum absolute atomic E-state index is 13.1. The van der Waals surface area contributed by atoms with Gasteiger partial charge in [-0.15, -0.1) is 0 Å². The Kier molecular flexibility index (Phi) is 5.38. The van der Waals surface area contributed by atoms with E-state index in [9.17, 15) is 13.6 Å². The smallest absolute Gasteiger partial charge is 0.224 e. The molecule has 88 valence electrons. The van der Waals surface area contributed by atoms with Crippen molar-refractivity contribution in [3.63, 3.8) is 0 Å². The standard InChI is InChI=1S/C11H12BrF2NO/c12-6-2-1-3-11(16)15-10-7-8(13)4-5-9(10)14/h4-5,7H,1-3,6H2,(H,15,16). The fraction of sp³-hybridized carbons (Fsp3) is 0.364. The minimum absolute atomic E-state index is 0.108. The zero-order valence-corrected chi connectivity index (χ0v) is 10.2. The molecule has 16 heavy (non-hydrogen) atoms. The first-order valence-electron chi connectivity index (χ1n) is 4.94. The molecule has 0 saturated carbocycles. The summed E-state index contributed by atoms with van der Waals surface area (Å²) in [4.78, 5) is 11.3. The number of nitrogens with one attached hydrogen (secondary N) is 1. The van der Waals surface area contributed by atoms with Crippen molar-refractivity contribution in [3.05, 3.63) is 29.8 Å². The zero-order valence-electron chi connectivity index (χ0n) is 8.60. The van der Waals surface area contributed by atoms with Crippen LogP contribution in [0.5, 0.6) is 0 Å². The lowest BCUT2D eigenvalue weighted by Crippen LogP contribution is -2.12. The van der Waals surface area contributed by atoms with Gasteiger partial charge in [0.25, 0.3) is 0 Å². The molecule has 0 aliphatic rings. The molecular weight excluding hydrogens is 280 g/mol. The second-order valence-corrected chi connectivity index (χ2v) is 4.11. The summed E-state index contributed by atoms with van der Waals surface area (Å²) in [6.45, 7) is 0. The predicted octanol–water partition coefficient (Wildman–Crippen LogP) is 3.47. The van der Waals surface area contributed by atoms with E-state index in [1.807, 2.05) is 0 Å². The van der Waals surface area contributed by atoms with E-state index >= 15 is 0 Å². The van der Waals surface area contributed by atoms with E-state index in [-0.39, 0.29) is 11.6 Å². The number of benzene rings is 1. The van der Waals surface area contributed by atoms with Gasteiger partial charge in [-0.05, 0) is 25.0 Å². The number of alkyl halides is 1. The molecule has 0 aliphatic heterocycles. The van der Waals surface area contributed by atoms with Crippen LogP contribution in [0.15, 0.2) is 18.2 Å². The summed E-state index contributed by atoms with van der Waals surface area (Å²) in [6, 6.07) is 2.97. The van der Waals surface area contributed by atoms with Gasteiger partial charge in [0.2, 0.25) is 5.91 Å². The molecule has 0 heterocycles. The maximum atomic E-state index is 13.1. The Bertz CT molecular complexity index is 371. The van der Waals surface area contributed by atoms with Crippen molar-refractivity contribution in [2.24, 2.45) is 0 Å². The summed E-state index contributed by atoms with van der Waals surface area (Å²) >= 11 is 3.25. The third-order valence-electron chi connectivity index (χ3n) is 1.99. The molecule has 0 atom stereocenters. The average molecular weight is 292 g/mol. The first-order valence-corrected chi connectivity index (χ1v) is 6.06. The zero-order chi connectivity index (χ0) is 12.0. The number of carbonyl (C=O) groups excluding carboxylic acids is 1. The van der Waals surface area contributed by atoms with E-state index < -0.39 is 11.6 Å². The third-order valence-corrected chi connectivity index (χ3v) is 2.55. The summed E-state index contributed by atoms with van der Waals surface area (Å²) in [5.74, 6) is -1.50. The molecule has 1 rings (SSSR count). The van der Waals surface area contributed by atoms with Crippen molar-refractivity contribution in [3.8, 4) is 0 Å². The number of hydrogen-bond acceptors (Lipinski definition) is 1. The van der Waals surface area contributed by atoms with E-state index in [1.54, 1.807) is 0 Å². The van der Waals surface area contributed by atoms with Gasteiger partial charge in [0, 0.05) is 17.8 Å². The molecule has 0 fully saturated rings. The number of unbranched alkanes of at least 4 members (excludes halogenated alkanes) is 1. The van der Waals surface area contributed by atoms with Crippen LogP contribution in [0.1, 0.15) is 19.3 Å². The van der Waals surface area contributed by atoms with E-state index in [2.05, 4.69) is 21.2 Å². The molecule has 1 N–H and O–H groups in total. The van der Waals surface area contributed by atoms with Gasteiger partial charge in [0.1, 0.15) is 11.6 Å². The molecule has 0 unspecified atom stereocenters. The Labute approximate surface area is 101 Å². The van der Waals surface area contributed by atoms with Crippen molar-refractivity contribution in [1.82, 2.24) is 0 Å². The normalized spacial score (nSPS) is 10.2. The van der Waals surface area contributed by atoms with Crippen LogP contribution in [0, 0.1) is 11.6 Å². The molecule has 0 radical (unpaired) electrons. The van der Waals surface area contributed by atoms with Crippen molar-refractivity contribution >= 4 is 27.5 Å². The van der Waals surface area contributed by atoms with Gasteiger partial charge in [0.15, 0.2) is 0 Å². The van der Waals surface area contributed by atoms with Crippen molar-refractivity contribution in [2.45, 2.75) is 19.3 Å². The van der Waals surface area contributed by atoms with Crippen LogP contribution >= 0.6 is 15.9 Å². The van der Waals surface area contributed by atoms with E-state index in [4.69, 9.17) is 0 Å². The fourth-order valence-corrected chi connectivity index (χ4v) is 1.58. The highest BCUT2D eigenvalue weighted by molar-refractivity contribution is 9.09. The minimum Gasteiger partial charge on any atom is -0.324 e. The van der Waals surface area contributed by atoms with Crippen molar-refractivity contribution in [1.29, 1.82) is 0 Å². The van der Waals surface area contributed by atoms with Gasteiger partial charge in [-0.25, -0.2) is 8.78 Å². The van der Waals surface area contributed by atoms with Crippen LogP contribution in [-0.4, -0.2) is 11.2 Å². The lowest BCUT2D eigenvalue weighted by molar-refractivity contribution is -0.116. The van der Waals surface area contributed by atoms with Gasteiger partial charge < -0.3 is 5.32 Å². The maximum Gasteiger partial charge on any atom is 0.224 e. The first-order chi connectivity index (χ1) is 7.63. The molecule has 0 saturated heterocycles. The molecule has 5 heteroatoms. The van der Waals surface area contributed by atoms with Crippen LogP contribution in [0.2, 0.25) is 0 Å². The second kappa shape index (κ2) is 6.58. The molecule has 0 spiro atoms. The minimum atomic E-state index is -0.629. The van der Waals surface area contributed by atoms with E-state index in [1.165, 1.54) is 0 Å². The second-order valence-electron chi connectivity index (χ2n) is 3.32. The summed E-state index contributed by atoms with van der Waals surface area (Å²) in [5.41, 5.74) is -0.108. The molecule has 0 aromatic heterocycles. The quantitative estimate of drug-likeness (QED) is 0.653. The van der Waals surface area contributed by atoms with Gasteiger partial charge >= 0.3 is 0 Å². The molecule has 2 nitrogen and oxygen atoms in total. The number of hydrogen-bond donors (Lipinski definition) is 1. The van der Waals surface area contributed by atoms with E-state index in [0.717, 1.165) is 30.0 Å². The Hall–Kier alpha value is -0.970. The van der Waals surface area contributed by atoms with Crippen LogP contribution in [-0.2, 0) is 4.79 Å². The van der Waals surface area contributed by atoms with Crippen LogP contribution in [0.25, 0.3) is 0 Å². The lowest BCUT2D eigenvalue weighted by atomic mass is 10.2. The topological polar surface area (TPSA) is 29.1 Å². The Morgan fingerprint density at radius 3 is 2.75 bits per heavy atom. The summed E-state index contributed by atoms with van der Waals surface area (Å²) in [7, 11) is 0. The molecule has 1 aromatic carbocycles. The summed E-state index contributed by atoms with van der Waals surface area (Å²) in [6.07, 6.45) is 1.90. The summed E-state index contributed by atoms with van der Waals surface area (Å²) in [5, 5.41) is 3.17. The van der Waals surface area contributed by atoms with Gasteiger partial charge in [-0.3, -0.25) is 4.79 Å². The highest BCUT2D eigenvalue weighted by Gasteiger charge is 2.07. The van der Waals surface area contributed by atoms with Crippen molar-refractivity contribution < 1.29 is 13.6 Å². The monoisotopic (exact) mass is 291 g/mol. The lowest BCUT2D eigenvalue weighted by Gasteiger charge is -2.05. The number of halogens is 3.